The van der Waals surface area contributed by atoms with Gasteiger partial charge in [-0.25, -0.2) is 0 Å². The summed E-state index contributed by atoms with van der Waals surface area (Å²) in [6.45, 7) is 4.24. The quantitative estimate of drug-likeness (QED) is 0.506. The number of piperazine rings is 1. The van der Waals surface area contributed by atoms with Crippen LogP contribution in [0.15, 0.2) is 0 Å². The molecule has 0 aromatic heterocycles. The second kappa shape index (κ2) is 4.72. The minimum absolute atomic E-state index is 0.788. The third-order valence-corrected chi connectivity index (χ3v) is 2.73. The Labute approximate surface area is 78.6 Å². The summed E-state index contributed by atoms with van der Waals surface area (Å²) in [5.41, 5.74) is 0. The van der Waals surface area contributed by atoms with Gasteiger partial charge in [0.1, 0.15) is 5.84 Å². The molecule has 1 rings (SSSR count). The van der Waals surface area contributed by atoms with Gasteiger partial charge in [0, 0.05) is 26.2 Å². The highest BCUT2D eigenvalue weighted by atomic mass is 32.2. The molecule has 1 N–H and O–H groups in total. The van der Waals surface area contributed by atoms with E-state index in [0.717, 1.165) is 37.8 Å². The normalized spacial score (nSPS) is 19.7. The van der Waals surface area contributed by atoms with Crippen molar-refractivity contribution >= 4 is 17.6 Å². The van der Waals surface area contributed by atoms with Crippen LogP contribution in [0.2, 0.25) is 0 Å². The van der Waals surface area contributed by atoms with Gasteiger partial charge in [-0.05, 0) is 13.3 Å². The summed E-state index contributed by atoms with van der Waals surface area (Å²) in [5, 5.41) is 7.74. The molecule has 0 spiro atoms. The molecule has 4 heteroatoms. The maximum absolute atomic E-state index is 7.74. The van der Waals surface area contributed by atoms with E-state index < -0.39 is 0 Å². The van der Waals surface area contributed by atoms with E-state index in [1.807, 2.05) is 6.26 Å². The van der Waals surface area contributed by atoms with Gasteiger partial charge in [-0.3, -0.25) is 5.41 Å². The zero-order valence-electron chi connectivity index (χ0n) is 7.84. The predicted octanol–water partition coefficient (Wildman–Crippen LogP) is 0.574. The molecule has 0 aromatic rings. The molecule has 1 aliphatic rings. The molecule has 0 bridgehead atoms. The molecule has 0 unspecified atom stereocenters. The molecule has 0 aliphatic carbocycles. The van der Waals surface area contributed by atoms with Gasteiger partial charge in [0.25, 0.3) is 0 Å². The van der Waals surface area contributed by atoms with E-state index in [1.54, 1.807) is 11.8 Å². The largest absolute Gasteiger partial charge is 0.357 e. The van der Waals surface area contributed by atoms with Gasteiger partial charge in [-0.1, -0.05) is 0 Å². The Balaban J connectivity index is 2.29. The van der Waals surface area contributed by atoms with Gasteiger partial charge in [0.05, 0.1) is 5.75 Å². The van der Waals surface area contributed by atoms with E-state index in [9.17, 15) is 0 Å². The van der Waals surface area contributed by atoms with Crippen molar-refractivity contribution in [2.24, 2.45) is 0 Å². The van der Waals surface area contributed by atoms with Crippen LogP contribution in [0, 0.1) is 5.41 Å². The smallest absolute Gasteiger partial charge is 0.106 e. The van der Waals surface area contributed by atoms with Crippen molar-refractivity contribution in [2.75, 3.05) is 45.2 Å². The maximum atomic E-state index is 7.74. The van der Waals surface area contributed by atoms with E-state index in [-0.39, 0.29) is 0 Å². The van der Waals surface area contributed by atoms with Gasteiger partial charge >= 0.3 is 0 Å². The summed E-state index contributed by atoms with van der Waals surface area (Å²) >= 11 is 1.72. The van der Waals surface area contributed by atoms with Crippen LogP contribution in [0.25, 0.3) is 0 Å². The fourth-order valence-corrected chi connectivity index (χ4v) is 1.76. The molecule has 0 amide bonds. The van der Waals surface area contributed by atoms with Gasteiger partial charge in [-0.2, -0.15) is 11.8 Å². The number of likely N-dealkylation sites (N-methyl/N-ethyl adjacent to an activating group) is 1. The SMILES string of the molecule is CSCC(=N)N1CCN(C)CC1. The Bertz CT molecular complexity index is 152. The summed E-state index contributed by atoms with van der Waals surface area (Å²) < 4.78 is 0. The number of amidine groups is 1. The summed E-state index contributed by atoms with van der Waals surface area (Å²) in [7, 11) is 2.13. The third kappa shape index (κ3) is 2.68. The molecule has 12 heavy (non-hydrogen) atoms. The minimum Gasteiger partial charge on any atom is -0.357 e. The van der Waals surface area contributed by atoms with Crippen molar-refractivity contribution < 1.29 is 0 Å². The Morgan fingerprint density at radius 2 is 1.92 bits per heavy atom. The summed E-state index contributed by atoms with van der Waals surface area (Å²) in [5.74, 6) is 1.64. The lowest BCUT2D eigenvalue weighted by molar-refractivity contribution is 0.214. The summed E-state index contributed by atoms with van der Waals surface area (Å²) in [6, 6.07) is 0. The van der Waals surface area contributed by atoms with Gasteiger partial charge in [0.15, 0.2) is 0 Å². The first-order chi connectivity index (χ1) is 5.74. The number of nitrogens with one attached hydrogen (secondary N) is 1. The maximum Gasteiger partial charge on any atom is 0.106 e. The minimum atomic E-state index is 0.788. The Hall–Kier alpha value is -0.220. The average Bonchev–Trinajstić information content (AvgIpc) is 2.06. The van der Waals surface area contributed by atoms with E-state index in [0.29, 0.717) is 0 Å². The van der Waals surface area contributed by atoms with Crippen LogP contribution >= 0.6 is 11.8 Å². The topological polar surface area (TPSA) is 30.3 Å². The highest BCUT2D eigenvalue weighted by Gasteiger charge is 2.15. The number of rotatable bonds is 2. The zero-order chi connectivity index (χ0) is 8.97. The number of hydrogen-bond donors (Lipinski definition) is 1. The van der Waals surface area contributed by atoms with Crippen LogP contribution in [-0.2, 0) is 0 Å². The van der Waals surface area contributed by atoms with E-state index >= 15 is 0 Å². The Kier molecular flexibility index (Phi) is 3.88. The molecule has 70 valence electrons. The first-order valence-electron chi connectivity index (χ1n) is 4.24. The lowest BCUT2D eigenvalue weighted by atomic mass is 10.3. The average molecular weight is 187 g/mol. The molecule has 0 saturated carbocycles. The fourth-order valence-electron chi connectivity index (χ4n) is 1.30. The number of hydrogen-bond acceptors (Lipinski definition) is 3. The molecule has 1 heterocycles. The van der Waals surface area contributed by atoms with Crippen molar-refractivity contribution in [1.82, 2.24) is 9.80 Å². The molecule has 0 aromatic carbocycles. The summed E-state index contributed by atoms with van der Waals surface area (Å²) in [4.78, 5) is 4.49. The lowest BCUT2D eigenvalue weighted by Gasteiger charge is -2.33. The van der Waals surface area contributed by atoms with Crippen LogP contribution in [0.4, 0.5) is 0 Å². The first kappa shape index (κ1) is 9.86. The Morgan fingerprint density at radius 1 is 1.33 bits per heavy atom. The van der Waals surface area contributed by atoms with Crippen LogP contribution in [0.3, 0.4) is 0 Å². The molecule has 1 aliphatic heterocycles. The van der Waals surface area contributed by atoms with Gasteiger partial charge < -0.3 is 9.80 Å². The second-order valence-corrected chi connectivity index (χ2v) is 4.04. The van der Waals surface area contributed by atoms with E-state index in [4.69, 9.17) is 5.41 Å². The predicted molar refractivity (Wildman–Crippen MR) is 55.2 cm³/mol. The zero-order valence-corrected chi connectivity index (χ0v) is 8.65. The standard InChI is InChI=1S/C8H17N3S/c1-10-3-5-11(6-4-10)8(9)7-12-2/h9H,3-7H2,1-2H3. The summed E-state index contributed by atoms with van der Waals surface area (Å²) in [6.07, 6.45) is 2.05. The monoisotopic (exact) mass is 187 g/mol. The highest BCUT2D eigenvalue weighted by Crippen LogP contribution is 2.03. The number of thioether (sulfide) groups is 1. The molecule has 3 nitrogen and oxygen atoms in total. The number of nitrogens with zero attached hydrogens (tertiary/aromatic N) is 2. The molecular weight excluding hydrogens is 170 g/mol. The molecule has 0 atom stereocenters. The van der Waals surface area contributed by atoms with Crippen LogP contribution in [-0.4, -0.2) is 60.9 Å². The highest BCUT2D eigenvalue weighted by molar-refractivity contribution is 7.99. The van der Waals surface area contributed by atoms with Crippen molar-refractivity contribution in [3.8, 4) is 0 Å². The Morgan fingerprint density at radius 3 is 2.42 bits per heavy atom. The van der Waals surface area contributed by atoms with E-state index in [1.165, 1.54) is 0 Å². The van der Waals surface area contributed by atoms with Crippen molar-refractivity contribution in [3.05, 3.63) is 0 Å². The van der Waals surface area contributed by atoms with Gasteiger partial charge in [0.2, 0.25) is 0 Å². The van der Waals surface area contributed by atoms with Crippen LogP contribution in [0.1, 0.15) is 0 Å². The first-order valence-corrected chi connectivity index (χ1v) is 5.63. The van der Waals surface area contributed by atoms with Crippen molar-refractivity contribution in [1.29, 1.82) is 5.41 Å². The molecular formula is C8H17N3S. The molecule has 1 saturated heterocycles. The third-order valence-electron chi connectivity index (χ3n) is 2.17. The van der Waals surface area contributed by atoms with Crippen molar-refractivity contribution in [3.63, 3.8) is 0 Å². The van der Waals surface area contributed by atoms with Gasteiger partial charge in [-0.15, -0.1) is 0 Å². The van der Waals surface area contributed by atoms with Crippen molar-refractivity contribution in [2.45, 2.75) is 0 Å². The van der Waals surface area contributed by atoms with Crippen LogP contribution in [0.5, 0.6) is 0 Å². The fraction of sp³-hybridized carbons (Fsp3) is 0.875. The second-order valence-electron chi connectivity index (χ2n) is 3.17. The van der Waals surface area contributed by atoms with E-state index in [2.05, 4.69) is 16.8 Å². The lowest BCUT2D eigenvalue weighted by Crippen LogP contribution is -2.47. The molecule has 0 radical (unpaired) electrons. The molecule has 1 fully saturated rings. The van der Waals surface area contributed by atoms with Crippen LogP contribution < -0.4 is 0 Å².